The third-order valence-electron chi connectivity index (χ3n) is 3.92. The lowest BCUT2D eigenvalue weighted by molar-refractivity contribution is -0.385. The van der Waals surface area contributed by atoms with Gasteiger partial charge in [-0.05, 0) is 24.8 Å². The summed E-state index contributed by atoms with van der Waals surface area (Å²) in [6.45, 7) is 3.93. The number of anilines is 1. The lowest BCUT2D eigenvalue weighted by Gasteiger charge is -2.11. The largest absolute Gasteiger partial charge is 0.381 e. The standard InChI is InChI=1S/C12H15N3O2/c1-7-10(3-2-4-11(7)15(16)17)14-12-8-5-13-6-9(8)12/h2-4,8-9,12-14H,5-6H2,1H3. The zero-order chi connectivity index (χ0) is 12.0. The Balaban J connectivity index is 1.79. The number of nitro benzene ring substituents is 1. The van der Waals surface area contributed by atoms with Crippen molar-refractivity contribution in [1.29, 1.82) is 0 Å². The summed E-state index contributed by atoms with van der Waals surface area (Å²) in [5.41, 5.74) is 1.83. The molecule has 1 aromatic rings. The van der Waals surface area contributed by atoms with Gasteiger partial charge in [-0.15, -0.1) is 0 Å². The summed E-state index contributed by atoms with van der Waals surface area (Å²) in [5.74, 6) is 1.40. The Hall–Kier alpha value is -1.62. The summed E-state index contributed by atoms with van der Waals surface area (Å²) in [5, 5.41) is 17.6. The first-order valence-corrected chi connectivity index (χ1v) is 5.90. The van der Waals surface area contributed by atoms with Gasteiger partial charge in [-0.25, -0.2) is 0 Å². The molecule has 1 heterocycles. The minimum Gasteiger partial charge on any atom is -0.381 e. The predicted molar refractivity (Wildman–Crippen MR) is 65.1 cm³/mol. The summed E-state index contributed by atoms with van der Waals surface area (Å²) >= 11 is 0. The number of nitro groups is 1. The molecule has 1 aliphatic heterocycles. The van der Waals surface area contributed by atoms with Gasteiger partial charge in [0.1, 0.15) is 0 Å². The van der Waals surface area contributed by atoms with Crippen molar-refractivity contribution in [1.82, 2.24) is 5.32 Å². The van der Waals surface area contributed by atoms with Crippen LogP contribution in [0.4, 0.5) is 11.4 Å². The van der Waals surface area contributed by atoms with Crippen molar-refractivity contribution in [3.05, 3.63) is 33.9 Å². The van der Waals surface area contributed by atoms with Crippen LogP contribution < -0.4 is 10.6 Å². The molecule has 3 rings (SSSR count). The number of hydrogen-bond acceptors (Lipinski definition) is 4. The average molecular weight is 233 g/mol. The van der Waals surface area contributed by atoms with Crippen LogP contribution in [0.5, 0.6) is 0 Å². The molecular formula is C12H15N3O2. The lowest BCUT2D eigenvalue weighted by atomic mass is 10.1. The molecule has 1 aliphatic carbocycles. The van der Waals surface area contributed by atoms with Crippen LogP contribution in [0.2, 0.25) is 0 Å². The van der Waals surface area contributed by atoms with Crippen molar-refractivity contribution < 1.29 is 4.92 Å². The van der Waals surface area contributed by atoms with Crippen LogP contribution in [-0.2, 0) is 0 Å². The van der Waals surface area contributed by atoms with Gasteiger partial charge >= 0.3 is 0 Å². The minimum absolute atomic E-state index is 0.193. The lowest BCUT2D eigenvalue weighted by Crippen LogP contribution is -2.21. The molecule has 2 aliphatic rings. The fourth-order valence-corrected chi connectivity index (χ4v) is 2.79. The summed E-state index contributed by atoms with van der Waals surface area (Å²) in [6, 6.07) is 5.71. The summed E-state index contributed by atoms with van der Waals surface area (Å²) in [7, 11) is 0. The molecule has 5 heteroatoms. The second kappa shape index (κ2) is 3.70. The molecule has 0 radical (unpaired) electrons. The Kier molecular flexibility index (Phi) is 2.29. The number of fused-ring (bicyclic) bond motifs is 1. The number of rotatable bonds is 3. The molecule has 2 fully saturated rings. The van der Waals surface area contributed by atoms with E-state index in [1.165, 1.54) is 0 Å². The molecule has 0 amide bonds. The maximum atomic E-state index is 10.8. The third kappa shape index (κ3) is 1.67. The highest BCUT2D eigenvalue weighted by Crippen LogP contribution is 2.44. The summed E-state index contributed by atoms with van der Waals surface area (Å²) in [6.07, 6.45) is 0. The van der Waals surface area contributed by atoms with Crippen molar-refractivity contribution in [2.24, 2.45) is 11.8 Å². The van der Waals surface area contributed by atoms with E-state index in [0.717, 1.165) is 24.3 Å². The molecule has 0 aromatic heterocycles. The Morgan fingerprint density at radius 3 is 2.76 bits per heavy atom. The van der Waals surface area contributed by atoms with E-state index in [2.05, 4.69) is 10.6 Å². The zero-order valence-electron chi connectivity index (χ0n) is 9.64. The molecule has 2 N–H and O–H groups in total. The van der Waals surface area contributed by atoms with Gasteiger partial charge in [-0.1, -0.05) is 6.07 Å². The monoisotopic (exact) mass is 233 g/mol. The van der Waals surface area contributed by atoms with Crippen molar-refractivity contribution in [3.63, 3.8) is 0 Å². The number of benzene rings is 1. The van der Waals surface area contributed by atoms with Gasteiger partial charge < -0.3 is 10.6 Å². The molecule has 2 unspecified atom stereocenters. The van der Waals surface area contributed by atoms with Gasteiger partial charge in [0.05, 0.1) is 4.92 Å². The van der Waals surface area contributed by atoms with Crippen LogP contribution in [-0.4, -0.2) is 24.1 Å². The predicted octanol–water partition coefficient (Wildman–Crippen LogP) is 1.53. The molecule has 90 valence electrons. The summed E-state index contributed by atoms with van der Waals surface area (Å²) < 4.78 is 0. The van der Waals surface area contributed by atoms with Gasteiger partial charge in [0.15, 0.2) is 0 Å². The molecule has 0 bridgehead atoms. The van der Waals surface area contributed by atoms with E-state index in [4.69, 9.17) is 0 Å². The van der Waals surface area contributed by atoms with Crippen molar-refractivity contribution in [2.45, 2.75) is 13.0 Å². The fraction of sp³-hybridized carbons (Fsp3) is 0.500. The normalized spacial score (nSPS) is 29.8. The van der Waals surface area contributed by atoms with E-state index >= 15 is 0 Å². The molecular weight excluding hydrogens is 218 g/mol. The van der Waals surface area contributed by atoms with E-state index in [9.17, 15) is 10.1 Å². The smallest absolute Gasteiger partial charge is 0.274 e. The molecule has 1 saturated carbocycles. The molecule has 5 nitrogen and oxygen atoms in total. The number of nitrogens with zero attached hydrogens (tertiary/aromatic N) is 1. The highest BCUT2D eigenvalue weighted by molar-refractivity contribution is 5.61. The second-order valence-corrected chi connectivity index (χ2v) is 4.86. The van der Waals surface area contributed by atoms with Crippen LogP contribution in [0.15, 0.2) is 18.2 Å². The van der Waals surface area contributed by atoms with Gasteiger partial charge in [-0.2, -0.15) is 0 Å². The zero-order valence-corrected chi connectivity index (χ0v) is 9.64. The topological polar surface area (TPSA) is 67.2 Å². The Morgan fingerprint density at radius 2 is 2.12 bits per heavy atom. The van der Waals surface area contributed by atoms with E-state index < -0.39 is 0 Å². The SMILES string of the molecule is Cc1c(NC2C3CNCC32)cccc1[N+](=O)[O-]. The highest BCUT2D eigenvalue weighted by atomic mass is 16.6. The van der Waals surface area contributed by atoms with Gasteiger partial charge in [0, 0.05) is 36.4 Å². The van der Waals surface area contributed by atoms with Gasteiger partial charge in [0.25, 0.3) is 5.69 Å². The maximum absolute atomic E-state index is 10.8. The van der Waals surface area contributed by atoms with E-state index in [1.807, 2.05) is 6.07 Å². The first-order valence-electron chi connectivity index (χ1n) is 5.90. The van der Waals surface area contributed by atoms with Crippen LogP contribution in [0.25, 0.3) is 0 Å². The Labute approximate surface area is 99.4 Å². The van der Waals surface area contributed by atoms with Gasteiger partial charge in [-0.3, -0.25) is 10.1 Å². The first-order chi connectivity index (χ1) is 8.18. The highest BCUT2D eigenvalue weighted by Gasteiger charge is 2.53. The number of nitrogens with one attached hydrogen (secondary N) is 2. The van der Waals surface area contributed by atoms with Crippen LogP contribution >= 0.6 is 0 Å². The average Bonchev–Trinajstić information content (AvgIpc) is 2.74. The third-order valence-corrected chi connectivity index (χ3v) is 3.92. The first kappa shape index (κ1) is 10.5. The van der Waals surface area contributed by atoms with Crippen LogP contribution in [0, 0.1) is 28.9 Å². The van der Waals surface area contributed by atoms with Crippen molar-refractivity contribution in [3.8, 4) is 0 Å². The van der Waals surface area contributed by atoms with E-state index in [1.54, 1.807) is 19.1 Å². The molecule has 1 saturated heterocycles. The molecule has 1 aromatic carbocycles. The molecule has 2 atom stereocenters. The molecule has 17 heavy (non-hydrogen) atoms. The maximum Gasteiger partial charge on any atom is 0.274 e. The van der Waals surface area contributed by atoms with Crippen LogP contribution in [0.1, 0.15) is 5.56 Å². The number of hydrogen-bond donors (Lipinski definition) is 2. The van der Waals surface area contributed by atoms with E-state index in [-0.39, 0.29) is 10.6 Å². The second-order valence-electron chi connectivity index (χ2n) is 4.86. The fourth-order valence-electron chi connectivity index (χ4n) is 2.79. The summed E-state index contributed by atoms with van der Waals surface area (Å²) in [4.78, 5) is 10.5. The Bertz CT molecular complexity index is 465. The quantitative estimate of drug-likeness (QED) is 0.613. The minimum atomic E-state index is -0.324. The van der Waals surface area contributed by atoms with Gasteiger partial charge in [0.2, 0.25) is 0 Å². The number of piperidine rings is 1. The van der Waals surface area contributed by atoms with E-state index in [0.29, 0.717) is 17.9 Å². The van der Waals surface area contributed by atoms with Crippen molar-refractivity contribution in [2.75, 3.05) is 18.4 Å². The molecule has 0 spiro atoms. The van der Waals surface area contributed by atoms with Crippen LogP contribution in [0.3, 0.4) is 0 Å². The Morgan fingerprint density at radius 1 is 1.41 bits per heavy atom. The van der Waals surface area contributed by atoms with Crippen molar-refractivity contribution >= 4 is 11.4 Å².